The van der Waals surface area contributed by atoms with Gasteiger partial charge in [0.2, 0.25) is 0 Å². The van der Waals surface area contributed by atoms with E-state index >= 15 is 0 Å². The van der Waals surface area contributed by atoms with Gasteiger partial charge in [-0.25, -0.2) is 9.37 Å². The number of benzene rings is 3. The molecule has 5 nitrogen and oxygen atoms in total. The first-order valence-corrected chi connectivity index (χ1v) is 12.3. The predicted octanol–water partition coefficient (Wildman–Crippen LogP) is 6.68. The lowest BCUT2D eigenvalue weighted by molar-refractivity contribution is 0.0949. The number of ether oxygens (including phenoxy) is 1. The monoisotopic (exact) mass is 489 g/mol. The van der Waals surface area contributed by atoms with Crippen LogP contribution < -0.4 is 15.0 Å². The summed E-state index contributed by atoms with van der Waals surface area (Å²) in [4.78, 5) is 19.0. The van der Waals surface area contributed by atoms with Crippen LogP contribution in [0.4, 0.5) is 15.2 Å². The van der Waals surface area contributed by atoms with Gasteiger partial charge in [0, 0.05) is 23.1 Å². The Hall–Kier alpha value is -3.71. The van der Waals surface area contributed by atoms with Gasteiger partial charge in [-0.2, -0.15) is 0 Å². The lowest BCUT2D eigenvalue weighted by atomic mass is 10.1. The molecular formula is C28H28FN3O2S. The number of para-hydroxylation sites is 1. The van der Waals surface area contributed by atoms with E-state index in [9.17, 15) is 9.18 Å². The van der Waals surface area contributed by atoms with Gasteiger partial charge in [0.15, 0.2) is 5.13 Å². The van der Waals surface area contributed by atoms with Crippen LogP contribution in [-0.2, 0) is 6.54 Å². The fourth-order valence-corrected chi connectivity index (χ4v) is 4.42. The molecular weight excluding hydrogens is 461 g/mol. The molecule has 0 atom stereocenters. The Morgan fingerprint density at radius 3 is 2.57 bits per heavy atom. The highest BCUT2D eigenvalue weighted by Gasteiger charge is 2.18. The number of nitrogens with one attached hydrogen (secondary N) is 1. The minimum absolute atomic E-state index is 0.0981. The molecule has 3 aromatic carbocycles. The summed E-state index contributed by atoms with van der Waals surface area (Å²) in [5, 5.41) is 5.56. The lowest BCUT2D eigenvalue weighted by Crippen LogP contribution is -2.27. The third-order valence-corrected chi connectivity index (χ3v) is 6.32. The molecule has 180 valence electrons. The molecule has 4 rings (SSSR count). The van der Waals surface area contributed by atoms with Crippen LogP contribution in [0.5, 0.6) is 5.75 Å². The van der Waals surface area contributed by atoms with E-state index in [2.05, 4.69) is 19.2 Å². The zero-order valence-electron chi connectivity index (χ0n) is 20.0. The highest BCUT2D eigenvalue weighted by Crippen LogP contribution is 2.35. The van der Waals surface area contributed by atoms with Gasteiger partial charge in [0.05, 0.1) is 25.0 Å². The predicted molar refractivity (Wildman–Crippen MR) is 140 cm³/mol. The van der Waals surface area contributed by atoms with Gasteiger partial charge in [-0.1, -0.05) is 50.2 Å². The second-order valence-electron chi connectivity index (χ2n) is 8.59. The number of halogens is 1. The topological polar surface area (TPSA) is 54.5 Å². The number of carbonyl (C=O) groups is 1. The molecule has 0 unspecified atom stereocenters. The van der Waals surface area contributed by atoms with E-state index in [4.69, 9.17) is 9.72 Å². The molecule has 0 saturated carbocycles. The summed E-state index contributed by atoms with van der Waals surface area (Å²) in [5.41, 5.74) is 3.70. The molecule has 4 aromatic rings. The van der Waals surface area contributed by atoms with E-state index in [-0.39, 0.29) is 11.7 Å². The first-order valence-electron chi connectivity index (χ1n) is 11.4. The number of hydrogen-bond donors (Lipinski definition) is 1. The van der Waals surface area contributed by atoms with Crippen molar-refractivity contribution in [3.63, 3.8) is 0 Å². The molecule has 0 aliphatic carbocycles. The molecule has 0 aliphatic heterocycles. The second kappa shape index (κ2) is 11.1. The van der Waals surface area contributed by atoms with Crippen molar-refractivity contribution in [1.82, 2.24) is 10.3 Å². The summed E-state index contributed by atoms with van der Waals surface area (Å²) in [6, 6.07) is 21.8. The number of amides is 1. The van der Waals surface area contributed by atoms with Gasteiger partial charge in [-0.15, -0.1) is 11.3 Å². The Bertz CT molecular complexity index is 1290. The molecule has 1 aromatic heterocycles. The Labute approximate surface area is 209 Å². The number of anilines is 2. The van der Waals surface area contributed by atoms with Crippen molar-refractivity contribution in [2.75, 3.05) is 18.6 Å². The van der Waals surface area contributed by atoms with Crippen molar-refractivity contribution >= 4 is 28.1 Å². The fourth-order valence-electron chi connectivity index (χ4n) is 3.57. The van der Waals surface area contributed by atoms with Crippen LogP contribution in [0, 0.1) is 11.7 Å². The maximum atomic E-state index is 14.8. The molecule has 0 aliphatic rings. The summed E-state index contributed by atoms with van der Waals surface area (Å²) < 4.78 is 20.2. The number of methoxy groups -OCH3 is 1. The molecule has 1 heterocycles. The standard InChI is InChI=1S/C28H28FN3O2S/c1-19(2)16-30-27(33)21-13-11-20(12-14-21)17-32(26-10-5-4-9-24(26)29)28-31-25(18-35-28)22-7-6-8-23(15-22)34-3/h4-15,18-19H,16-17H2,1-3H3,(H,30,33). The van der Waals surface area contributed by atoms with Gasteiger partial charge >= 0.3 is 0 Å². The van der Waals surface area contributed by atoms with Gasteiger partial charge < -0.3 is 15.0 Å². The average Bonchev–Trinajstić information content (AvgIpc) is 3.37. The minimum Gasteiger partial charge on any atom is -0.497 e. The second-order valence-corrected chi connectivity index (χ2v) is 9.42. The van der Waals surface area contributed by atoms with E-state index in [1.807, 2.05) is 52.7 Å². The molecule has 0 bridgehead atoms. The van der Waals surface area contributed by atoms with Crippen LogP contribution in [0.1, 0.15) is 29.8 Å². The van der Waals surface area contributed by atoms with Gasteiger partial charge in [0.25, 0.3) is 5.91 Å². The SMILES string of the molecule is COc1cccc(-c2csc(N(Cc3ccc(C(=O)NCC(C)C)cc3)c3ccccc3F)n2)c1. The highest BCUT2D eigenvalue weighted by molar-refractivity contribution is 7.14. The summed E-state index contributed by atoms with van der Waals surface area (Å²) >= 11 is 1.45. The molecule has 1 amide bonds. The zero-order valence-corrected chi connectivity index (χ0v) is 20.8. The third-order valence-electron chi connectivity index (χ3n) is 5.46. The first-order chi connectivity index (χ1) is 16.9. The van der Waals surface area contributed by atoms with Gasteiger partial charge in [0.1, 0.15) is 11.6 Å². The fraction of sp³-hybridized carbons (Fsp3) is 0.214. The maximum absolute atomic E-state index is 14.8. The van der Waals surface area contributed by atoms with Crippen molar-refractivity contribution in [2.24, 2.45) is 5.92 Å². The van der Waals surface area contributed by atoms with Crippen LogP contribution in [-0.4, -0.2) is 24.5 Å². The summed E-state index contributed by atoms with van der Waals surface area (Å²) in [6.07, 6.45) is 0. The Balaban J connectivity index is 1.61. The van der Waals surface area contributed by atoms with Gasteiger partial charge in [-0.05, 0) is 47.9 Å². The Kier molecular flexibility index (Phi) is 7.77. The minimum atomic E-state index is -0.324. The molecule has 35 heavy (non-hydrogen) atoms. The van der Waals surface area contributed by atoms with Crippen molar-refractivity contribution in [2.45, 2.75) is 20.4 Å². The number of hydrogen-bond acceptors (Lipinski definition) is 5. The number of nitrogens with zero attached hydrogens (tertiary/aromatic N) is 2. The van der Waals surface area contributed by atoms with E-state index in [0.29, 0.717) is 35.4 Å². The van der Waals surface area contributed by atoms with E-state index in [1.54, 1.807) is 31.4 Å². The number of rotatable bonds is 9. The lowest BCUT2D eigenvalue weighted by Gasteiger charge is -2.23. The van der Waals surface area contributed by atoms with Crippen LogP contribution in [0.3, 0.4) is 0 Å². The van der Waals surface area contributed by atoms with Crippen LogP contribution in [0.25, 0.3) is 11.3 Å². The number of carbonyl (C=O) groups excluding carboxylic acids is 1. The van der Waals surface area contributed by atoms with Crippen molar-refractivity contribution in [3.8, 4) is 17.0 Å². The van der Waals surface area contributed by atoms with Crippen molar-refractivity contribution in [1.29, 1.82) is 0 Å². The maximum Gasteiger partial charge on any atom is 0.251 e. The van der Waals surface area contributed by atoms with E-state index in [0.717, 1.165) is 22.6 Å². The molecule has 0 saturated heterocycles. The molecule has 0 fully saturated rings. The molecule has 1 N–H and O–H groups in total. The smallest absolute Gasteiger partial charge is 0.251 e. The van der Waals surface area contributed by atoms with Crippen LogP contribution >= 0.6 is 11.3 Å². The van der Waals surface area contributed by atoms with Crippen molar-refractivity contribution < 1.29 is 13.9 Å². The largest absolute Gasteiger partial charge is 0.497 e. The highest BCUT2D eigenvalue weighted by atomic mass is 32.1. The third kappa shape index (κ3) is 6.05. The Morgan fingerprint density at radius 1 is 1.09 bits per heavy atom. The summed E-state index contributed by atoms with van der Waals surface area (Å²) in [6.45, 7) is 5.14. The van der Waals surface area contributed by atoms with E-state index in [1.165, 1.54) is 17.4 Å². The zero-order chi connectivity index (χ0) is 24.8. The number of aromatic nitrogens is 1. The average molecular weight is 490 g/mol. The quantitative estimate of drug-likeness (QED) is 0.285. The summed E-state index contributed by atoms with van der Waals surface area (Å²) in [7, 11) is 1.63. The van der Waals surface area contributed by atoms with Crippen LogP contribution in [0.15, 0.2) is 78.2 Å². The Morgan fingerprint density at radius 2 is 1.86 bits per heavy atom. The molecule has 0 spiro atoms. The molecule has 7 heteroatoms. The summed E-state index contributed by atoms with van der Waals surface area (Å²) in [5.74, 6) is 0.711. The molecule has 0 radical (unpaired) electrons. The van der Waals surface area contributed by atoms with E-state index < -0.39 is 0 Å². The first kappa shape index (κ1) is 24.4. The van der Waals surface area contributed by atoms with Crippen LogP contribution in [0.2, 0.25) is 0 Å². The normalized spacial score (nSPS) is 10.9. The number of thiazole rings is 1. The van der Waals surface area contributed by atoms with Gasteiger partial charge in [-0.3, -0.25) is 4.79 Å². The van der Waals surface area contributed by atoms with Crippen molar-refractivity contribution in [3.05, 3.63) is 95.1 Å².